The molecule has 5 nitrogen and oxygen atoms in total. The molecule has 1 aromatic rings. The Balaban J connectivity index is 2.08. The van der Waals surface area contributed by atoms with Crippen LogP contribution in [0.2, 0.25) is 0 Å². The zero-order chi connectivity index (χ0) is 13.8. The standard InChI is InChI=1S/C13H16BrNO4/c14-11-9(6-7-19-11)12(16)15-10-5-3-1-2-4-8(10)13(17)18/h6-8,10H,1-5H2,(H,15,16)(H,17,18). The van der Waals surface area contributed by atoms with Crippen LogP contribution in [0.1, 0.15) is 42.5 Å². The summed E-state index contributed by atoms with van der Waals surface area (Å²) >= 11 is 3.15. The van der Waals surface area contributed by atoms with E-state index in [2.05, 4.69) is 21.2 Å². The molecule has 2 rings (SSSR count). The van der Waals surface area contributed by atoms with Crippen LogP contribution in [0.25, 0.3) is 0 Å². The van der Waals surface area contributed by atoms with Gasteiger partial charge in [-0.25, -0.2) is 0 Å². The zero-order valence-electron chi connectivity index (χ0n) is 10.4. The highest BCUT2D eigenvalue weighted by Crippen LogP contribution is 2.25. The van der Waals surface area contributed by atoms with Crippen molar-refractivity contribution in [1.29, 1.82) is 0 Å². The normalized spacial score (nSPS) is 23.6. The molecule has 2 N–H and O–H groups in total. The van der Waals surface area contributed by atoms with E-state index in [-0.39, 0.29) is 11.9 Å². The van der Waals surface area contributed by atoms with Gasteiger partial charge in [-0.15, -0.1) is 0 Å². The lowest BCUT2D eigenvalue weighted by atomic mass is 9.94. The predicted octanol–water partition coefficient (Wildman–Crippen LogP) is 2.81. The van der Waals surface area contributed by atoms with Gasteiger partial charge < -0.3 is 14.8 Å². The molecule has 0 bridgehead atoms. The Bertz CT molecular complexity index is 471. The number of carboxylic acids is 1. The molecule has 1 heterocycles. The van der Waals surface area contributed by atoms with Crippen molar-refractivity contribution in [2.24, 2.45) is 5.92 Å². The van der Waals surface area contributed by atoms with Crippen LogP contribution in [0.4, 0.5) is 0 Å². The number of carbonyl (C=O) groups excluding carboxylic acids is 1. The molecule has 0 spiro atoms. The van der Waals surface area contributed by atoms with Crippen molar-refractivity contribution >= 4 is 27.8 Å². The molecule has 1 amide bonds. The second-order valence-electron chi connectivity index (χ2n) is 4.77. The van der Waals surface area contributed by atoms with Crippen LogP contribution in [0, 0.1) is 5.92 Å². The Labute approximate surface area is 119 Å². The fourth-order valence-electron chi connectivity index (χ4n) is 2.48. The molecule has 0 aromatic carbocycles. The Morgan fingerprint density at radius 3 is 2.68 bits per heavy atom. The number of aliphatic carboxylic acids is 1. The first-order valence-corrected chi connectivity index (χ1v) is 7.15. The summed E-state index contributed by atoms with van der Waals surface area (Å²) in [4.78, 5) is 23.4. The lowest BCUT2D eigenvalue weighted by molar-refractivity contribution is -0.142. The van der Waals surface area contributed by atoms with Crippen molar-refractivity contribution in [3.05, 3.63) is 22.6 Å². The number of carboxylic acid groups (broad SMARTS) is 1. The summed E-state index contributed by atoms with van der Waals surface area (Å²) in [7, 11) is 0. The topological polar surface area (TPSA) is 79.5 Å². The Hall–Kier alpha value is -1.30. The maximum atomic E-state index is 12.1. The summed E-state index contributed by atoms with van der Waals surface area (Å²) in [5, 5.41) is 12.1. The Kier molecular flexibility index (Phi) is 4.63. The molecule has 6 heteroatoms. The highest BCUT2D eigenvalue weighted by atomic mass is 79.9. The van der Waals surface area contributed by atoms with Gasteiger partial charge in [-0.2, -0.15) is 0 Å². The van der Waals surface area contributed by atoms with Gasteiger partial charge >= 0.3 is 5.97 Å². The quantitative estimate of drug-likeness (QED) is 0.835. The molecule has 1 saturated carbocycles. The van der Waals surface area contributed by atoms with E-state index in [9.17, 15) is 14.7 Å². The molecule has 1 aromatic heterocycles. The number of hydrogen-bond donors (Lipinski definition) is 2. The molecular weight excluding hydrogens is 314 g/mol. The fraction of sp³-hybridized carbons (Fsp3) is 0.538. The molecule has 0 radical (unpaired) electrons. The van der Waals surface area contributed by atoms with E-state index in [0.717, 1.165) is 19.3 Å². The maximum absolute atomic E-state index is 12.1. The first-order valence-electron chi connectivity index (χ1n) is 6.36. The van der Waals surface area contributed by atoms with Gasteiger partial charge in [-0.1, -0.05) is 19.3 Å². The number of furan rings is 1. The first-order chi connectivity index (χ1) is 9.09. The maximum Gasteiger partial charge on any atom is 0.308 e. The lowest BCUT2D eigenvalue weighted by Crippen LogP contribution is -2.42. The third-order valence-electron chi connectivity index (χ3n) is 3.51. The monoisotopic (exact) mass is 329 g/mol. The third kappa shape index (κ3) is 3.37. The molecule has 1 aliphatic rings. The van der Waals surface area contributed by atoms with Crippen LogP contribution in [0.3, 0.4) is 0 Å². The van der Waals surface area contributed by atoms with Gasteiger partial charge in [-0.3, -0.25) is 9.59 Å². The Morgan fingerprint density at radius 2 is 2.05 bits per heavy atom. The van der Waals surface area contributed by atoms with E-state index in [1.54, 1.807) is 6.07 Å². The minimum absolute atomic E-state index is 0.293. The van der Waals surface area contributed by atoms with Crippen molar-refractivity contribution in [3.63, 3.8) is 0 Å². The molecule has 0 saturated heterocycles. The van der Waals surface area contributed by atoms with Gasteiger partial charge in [0, 0.05) is 6.04 Å². The van der Waals surface area contributed by atoms with Crippen LogP contribution in [-0.2, 0) is 4.79 Å². The van der Waals surface area contributed by atoms with Gasteiger partial charge in [0.05, 0.1) is 17.7 Å². The van der Waals surface area contributed by atoms with E-state index in [1.165, 1.54) is 6.26 Å². The second kappa shape index (κ2) is 6.23. The summed E-state index contributed by atoms with van der Waals surface area (Å²) in [5.41, 5.74) is 0.397. The SMILES string of the molecule is O=C(NC1CCCCCC1C(=O)O)c1ccoc1Br. The summed E-state index contributed by atoms with van der Waals surface area (Å²) < 4.78 is 5.38. The van der Waals surface area contributed by atoms with E-state index in [0.29, 0.717) is 23.1 Å². The van der Waals surface area contributed by atoms with Crippen LogP contribution in [0.5, 0.6) is 0 Å². The molecule has 19 heavy (non-hydrogen) atoms. The lowest BCUT2D eigenvalue weighted by Gasteiger charge is -2.22. The highest BCUT2D eigenvalue weighted by molar-refractivity contribution is 9.10. The third-order valence-corrected chi connectivity index (χ3v) is 4.13. The molecule has 2 atom stereocenters. The average molecular weight is 330 g/mol. The molecule has 104 valence electrons. The van der Waals surface area contributed by atoms with Crippen LogP contribution in [0.15, 0.2) is 21.4 Å². The molecule has 1 aliphatic carbocycles. The summed E-state index contributed by atoms with van der Waals surface area (Å²) in [6, 6.07) is 1.25. The first kappa shape index (κ1) is 14.1. The van der Waals surface area contributed by atoms with Crippen molar-refractivity contribution < 1.29 is 19.1 Å². The molecular formula is C13H16BrNO4. The largest absolute Gasteiger partial charge is 0.481 e. The van der Waals surface area contributed by atoms with E-state index in [4.69, 9.17) is 4.42 Å². The molecule has 0 aliphatic heterocycles. The average Bonchev–Trinajstić information content (AvgIpc) is 2.65. The van der Waals surface area contributed by atoms with E-state index < -0.39 is 11.9 Å². The van der Waals surface area contributed by atoms with Crippen LogP contribution < -0.4 is 5.32 Å². The van der Waals surface area contributed by atoms with Gasteiger partial charge in [0.15, 0.2) is 4.67 Å². The van der Waals surface area contributed by atoms with Gasteiger partial charge in [0.1, 0.15) is 0 Å². The van der Waals surface area contributed by atoms with Crippen molar-refractivity contribution in [2.45, 2.75) is 38.1 Å². The number of carbonyl (C=O) groups is 2. The number of nitrogens with one attached hydrogen (secondary N) is 1. The predicted molar refractivity (Wildman–Crippen MR) is 71.9 cm³/mol. The van der Waals surface area contributed by atoms with Gasteiger partial charge in [0.25, 0.3) is 5.91 Å². The van der Waals surface area contributed by atoms with Crippen LogP contribution in [-0.4, -0.2) is 23.0 Å². The summed E-state index contributed by atoms with van der Waals surface area (Å²) in [5.74, 6) is -1.63. The van der Waals surface area contributed by atoms with Crippen molar-refractivity contribution in [3.8, 4) is 0 Å². The van der Waals surface area contributed by atoms with Gasteiger partial charge in [-0.05, 0) is 34.8 Å². The molecule has 1 fully saturated rings. The number of halogens is 1. The number of amides is 1. The summed E-state index contributed by atoms with van der Waals surface area (Å²) in [6.07, 6.45) is 5.61. The zero-order valence-corrected chi connectivity index (χ0v) is 12.0. The summed E-state index contributed by atoms with van der Waals surface area (Å²) in [6.45, 7) is 0. The number of rotatable bonds is 3. The Morgan fingerprint density at radius 1 is 1.32 bits per heavy atom. The van der Waals surface area contributed by atoms with E-state index >= 15 is 0 Å². The van der Waals surface area contributed by atoms with Crippen LogP contribution >= 0.6 is 15.9 Å². The van der Waals surface area contributed by atoms with Crippen molar-refractivity contribution in [2.75, 3.05) is 0 Å². The van der Waals surface area contributed by atoms with Crippen molar-refractivity contribution in [1.82, 2.24) is 5.32 Å². The minimum Gasteiger partial charge on any atom is -0.481 e. The smallest absolute Gasteiger partial charge is 0.308 e. The minimum atomic E-state index is -0.835. The van der Waals surface area contributed by atoms with E-state index in [1.807, 2.05) is 0 Å². The second-order valence-corrected chi connectivity index (χ2v) is 5.49. The molecule has 2 unspecified atom stereocenters. The highest BCUT2D eigenvalue weighted by Gasteiger charge is 2.31. The fourth-order valence-corrected chi connectivity index (χ4v) is 2.90. The van der Waals surface area contributed by atoms with Gasteiger partial charge in [0.2, 0.25) is 0 Å². The number of hydrogen-bond acceptors (Lipinski definition) is 3.